The van der Waals surface area contributed by atoms with E-state index in [9.17, 15) is 9.59 Å². The zero-order valence-corrected chi connectivity index (χ0v) is 23.4. The van der Waals surface area contributed by atoms with Crippen LogP contribution in [0.15, 0.2) is 75.7 Å². The number of amides is 2. The maximum Gasteiger partial charge on any atom is 0.273 e. The van der Waals surface area contributed by atoms with Gasteiger partial charge in [-0.25, -0.2) is 0 Å². The number of carbonyl (C=O) groups excluding carboxylic acids is 2. The van der Waals surface area contributed by atoms with E-state index in [-0.39, 0.29) is 31.5 Å². The average Bonchev–Trinajstić information content (AvgIpc) is 3.64. The third-order valence-corrected chi connectivity index (χ3v) is 6.70. The lowest BCUT2D eigenvalue weighted by Gasteiger charge is -2.22. The van der Waals surface area contributed by atoms with Gasteiger partial charge in [0.05, 0.1) is 20.8 Å². The first kappa shape index (κ1) is 27.1. The summed E-state index contributed by atoms with van der Waals surface area (Å²) >= 11 is 3.48. The quantitative estimate of drug-likeness (QED) is 0.269. The Hall–Kier alpha value is -4.51. The molecule has 1 aliphatic heterocycles. The first-order chi connectivity index (χ1) is 19.4. The van der Waals surface area contributed by atoms with Crippen LogP contribution in [0, 0.1) is 0 Å². The van der Waals surface area contributed by atoms with Gasteiger partial charge in [0.15, 0.2) is 34.5 Å². The number of nitrogens with zero attached hydrogens (tertiary/aromatic N) is 2. The standard InChI is InChI=1S/C29H26BrN3O7/c1-36-24-9-7-20(12-26(24)37-2)29(35)33(15-19-4-3-5-21(30)10-19)16-22-13-23(32-40-22)28(34)31-14-18-6-8-25-27(11-18)39-17-38-25/h3-13H,14-17H2,1-2H3,(H,31,34). The van der Waals surface area contributed by atoms with Crippen LogP contribution in [-0.4, -0.2) is 42.9 Å². The summed E-state index contributed by atoms with van der Waals surface area (Å²) in [4.78, 5) is 28.0. The smallest absolute Gasteiger partial charge is 0.273 e. The molecule has 5 rings (SSSR count). The van der Waals surface area contributed by atoms with Crippen LogP contribution in [0.5, 0.6) is 23.0 Å². The lowest BCUT2D eigenvalue weighted by Crippen LogP contribution is -2.30. The summed E-state index contributed by atoms with van der Waals surface area (Å²) in [5, 5.41) is 6.75. The van der Waals surface area contributed by atoms with E-state index in [0.717, 1.165) is 15.6 Å². The van der Waals surface area contributed by atoms with E-state index >= 15 is 0 Å². The summed E-state index contributed by atoms with van der Waals surface area (Å²) < 4.78 is 27.7. The molecule has 1 N–H and O–H groups in total. The molecule has 10 nitrogen and oxygen atoms in total. The number of aromatic nitrogens is 1. The average molecular weight is 608 g/mol. The molecule has 0 bridgehead atoms. The lowest BCUT2D eigenvalue weighted by atomic mass is 10.1. The van der Waals surface area contributed by atoms with E-state index in [2.05, 4.69) is 26.4 Å². The normalized spacial score (nSPS) is 11.7. The number of carbonyl (C=O) groups is 2. The Balaban J connectivity index is 1.31. The molecule has 0 saturated carbocycles. The molecule has 206 valence electrons. The topological polar surface area (TPSA) is 112 Å². The molecule has 0 spiro atoms. The summed E-state index contributed by atoms with van der Waals surface area (Å²) in [6.07, 6.45) is 0. The number of hydrogen-bond acceptors (Lipinski definition) is 8. The van der Waals surface area contributed by atoms with Crippen LogP contribution in [0.4, 0.5) is 0 Å². The van der Waals surface area contributed by atoms with Crippen LogP contribution in [0.3, 0.4) is 0 Å². The van der Waals surface area contributed by atoms with Crippen molar-refractivity contribution in [3.63, 3.8) is 0 Å². The van der Waals surface area contributed by atoms with E-state index in [1.54, 1.807) is 29.2 Å². The third kappa shape index (κ3) is 6.20. The Labute approximate surface area is 238 Å². The number of benzene rings is 3. The van der Waals surface area contributed by atoms with Crippen LogP contribution < -0.4 is 24.3 Å². The van der Waals surface area contributed by atoms with E-state index in [1.165, 1.54) is 20.3 Å². The monoisotopic (exact) mass is 607 g/mol. The van der Waals surface area contributed by atoms with E-state index in [1.807, 2.05) is 36.4 Å². The molecule has 11 heteroatoms. The molecule has 2 amide bonds. The second-order valence-electron chi connectivity index (χ2n) is 8.91. The predicted octanol–water partition coefficient (Wildman–Crippen LogP) is 4.96. The minimum absolute atomic E-state index is 0.0854. The van der Waals surface area contributed by atoms with Gasteiger partial charge in [0.25, 0.3) is 11.8 Å². The highest BCUT2D eigenvalue weighted by Crippen LogP contribution is 2.32. The summed E-state index contributed by atoms with van der Waals surface area (Å²) in [7, 11) is 3.05. The number of methoxy groups -OCH3 is 2. The van der Waals surface area contributed by atoms with Gasteiger partial charge in [-0.1, -0.05) is 39.3 Å². The molecule has 3 aromatic carbocycles. The van der Waals surface area contributed by atoms with Gasteiger partial charge in [-0.05, 0) is 53.6 Å². The molecule has 40 heavy (non-hydrogen) atoms. The number of nitrogens with one attached hydrogen (secondary N) is 1. The predicted molar refractivity (Wildman–Crippen MR) is 148 cm³/mol. The van der Waals surface area contributed by atoms with Crippen molar-refractivity contribution in [2.45, 2.75) is 19.6 Å². The van der Waals surface area contributed by atoms with Gasteiger partial charge in [-0.3, -0.25) is 9.59 Å². The van der Waals surface area contributed by atoms with Crippen molar-refractivity contribution in [3.8, 4) is 23.0 Å². The first-order valence-corrected chi connectivity index (χ1v) is 13.1. The molecule has 1 aromatic heterocycles. The van der Waals surface area contributed by atoms with Crippen molar-refractivity contribution < 1.29 is 33.1 Å². The van der Waals surface area contributed by atoms with Gasteiger partial charge in [-0.2, -0.15) is 0 Å². The van der Waals surface area contributed by atoms with Crippen molar-refractivity contribution >= 4 is 27.7 Å². The molecule has 0 atom stereocenters. The molecule has 0 aliphatic carbocycles. The van der Waals surface area contributed by atoms with Crippen LogP contribution in [0.2, 0.25) is 0 Å². The van der Waals surface area contributed by atoms with Crippen molar-refractivity contribution in [1.29, 1.82) is 0 Å². The molecule has 0 radical (unpaired) electrons. The highest BCUT2D eigenvalue weighted by atomic mass is 79.9. The zero-order chi connectivity index (χ0) is 28.1. The molecule has 0 unspecified atom stereocenters. The Kier molecular flexibility index (Phi) is 8.20. The second-order valence-corrected chi connectivity index (χ2v) is 9.83. The molecule has 0 saturated heterocycles. The van der Waals surface area contributed by atoms with Crippen molar-refractivity contribution in [3.05, 3.63) is 99.3 Å². The highest BCUT2D eigenvalue weighted by molar-refractivity contribution is 9.10. The summed E-state index contributed by atoms with van der Waals surface area (Å²) in [6, 6.07) is 19.7. The molecule has 1 aliphatic rings. The Morgan fingerprint density at radius 2 is 1.75 bits per heavy atom. The van der Waals surface area contributed by atoms with E-state index < -0.39 is 5.91 Å². The summed E-state index contributed by atoms with van der Waals surface area (Å²) in [5.74, 6) is 1.97. The largest absolute Gasteiger partial charge is 0.493 e. The van der Waals surface area contributed by atoms with Gasteiger partial charge in [-0.15, -0.1) is 0 Å². The minimum atomic E-state index is -0.405. The molecule has 0 fully saturated rings. The van der Waals surface area contributed by atoms with Gasteiger partial charge in [0.1, 0.15) is 0 Å². The first-order valence-electron chi connectivity index (χ1n) is 12.3. The number of hydrogen-bond donors (Lipinski definition) is 1. The van der Waals surface area contributed by atoms with Gasteiger partial charge in [0.2, 0.25) is 6.79 Å². The Morgan fingerprint density at radius 3 is 2.55 bits per heavy atom. The van der Waals surface area contributed by atoms with Gasteiger partial charge >= 0.3 is 0 Å². The van der Waals surface area contributed by atoms with Gasteiger partial charge in [0, 0.05) is 29.2 Å². The maximum absolute atomic E-state index is 13.6. The number of ether oxygens (including phenoxy) is 4. The van der Waals surface area contributed by atoms with Crippen molar-refractivity contribution in [2.24, 2.45) is 0 Å². The van der Waals surface area contributed by atoms with E-state index in [4.69, 9.17) is 23.5 Å². The number of halogens is 1. The number of rotatable bonds is 10. The fourth-order valence-corrected chi connectivity index (χ4v) is 4.66. The maximum atomic E-state index is 13.6. The lowest BCUT2D eigenvalue weighted by molar-refractivity contribution is 0.0712. The third-order valence-electron chi connectivity index (χ3n) is 6.21. The fourth-order valence-electron chi connectivity index (χ4n) is 4.21. The van der Waals surface area contributed by atoms with E-state index in [0.29, 0.717) is 40.9 Å². The molecular weight excluding hydrogens is 582 g/mol. The second kappa shape index (κ2) is 12.1. The Bertz CT molecular complexity index is 1540. The van der Waals surface area contributed by atoms with Crippen molar-refractivity contribution in [1.82, 2.24) is 15.4 Å². The molecule has 2 heterocycles. The van der Waals surface area contributed by atoms with Crippen LogP contribution >= 0.6 is 15.9 Å². The minimum Gasteiger partial charge on any atom is -0.493 e. The van der Waals surface area contributed by atoms with Crippen molar-refractivity contribution in [2.75, 3.05) is 21.0 Å². The SMILES string of the molecule is COc1ccc(C(=O)N(Cc2cccc(Br)c2)Cc2cc(C(=O)NCc3ccc4c(c3)OCO4)no2)cc1OC. The van der Waals surface area contributed by atoms with Crippen LogP contribution in [0.1, 0.15) is 37.7 Å². The highest BCUT2D eigenvalue weighted by Gasteiger charge is 2.22. The molecular formula is C29H26BrN3O7. The zero-order valence-electron chi connectivity index (χ0n) is 21.8. The summed E-state index contributed by atoms with van der Waals surface area (Å²) in [5.41, 5.74) is 2.28. The van der Waals surface area contributed by atoms with Crippen LogP contribution in [0.25, 0.3) is 0 Å². The van der Waals surface area contributed by atoms with Crippen LogP contribution in [-0.2, 0) is 19.6 Å². The fraction of sp³-hybridized carbons (Fsp3) is 0.207. The molecule has 4 aromatic rings. The number of fused-ring (bicyclic) bond motifs is 1. The summed E-state index contributed by atoms with van der Waals surface area (Å²) in [6.45, 7) is 0.825. The Morgan fingerprint density at radius 1 is 0.925 bits per heavy atom. The van der Waals surface area contributed by atoms with Gasteiger partial charge < -0.3 is 33.7 Å².